The normalized spacial score (nSPS) is 10.6. The fraction of sp³-hybridized carbons (Fsp3) is 0.0769. The largest absolute Gasteiger partial charge is 0.332 e. The Morgan fingerprint density at radius 1 is 1.40 bits per heavy atom. The van der Waals surface area contributed by atoms with Crippen LogP contribution in [-0.2, 0) is 0 Å². The lowest BCUT2D eigenvalue weighted by Crippen LogP contribution is -2.29. The second kappa shape index (κ2) is 4.43. The van der Waals surface area contributed by atoms with Crippen LogP contribution in [0, 0.1) is 18.3 Å². The zero-order chi connectivity index (χ0) is 14.3. The van der Waals surface area contributed by atoms with Crippen molar-refractivity contribution >= 4 is 21.6 Å². The molecule has 0 saturated carbocycles. The molecule has 0 radical (unpaired) electrons. The van der Waals surface area contributed by atoms with Gasteiger partial charge in [0.15, 0.2) is 0 Å². The van der Waals surface area contributed by atoms with Crippen LogP contribution >= 0.6 is 11.3 Å². The Kier molecular flexibility index (Phi) is 2.73. The van der Waals surface area contributed by atoms with E-state index in [0.717, 1.165) is 15.2 Å². The van der Waals surface area contributed by atoms with E-state index in [-0.39, 0.29) is 5.56 Å². The number of nitrogens with one attached hydrogen (secondary N) is 1. The van der Waals surface area contributed by atoms with Gasteiger partial charge in [-0.05, 0) is 25.1 Å². The van der Waals surface area contributed by atoms with Gasteiger partial charge < -0.3 is 0 Å². The number of hydrogen-bond acceptors (Lipinski definition) is 5. The van der Waals surface area contributed by atoms with Gasteiger partial charge in [0.05, 0.1) is 20.9 Å². The third kappa shape index (κ3) is 1.92. The molecule has 0 fully saturated rings. The first-order valence-electron chi connectivity index (χ1n) is 5.72. The summed E-state index contributed by atoms with van der Waals surface area (Å²) in [5.74, 6) is 0. The lowest BCUT2D eigenvalue weighted by atomic mass is 10.3. The molecule has 2 aromatic heterocycles. The smallest absolute Gasteiger partial charge is 0.273 e. The third-order valence-corrected chi connectivity index (χ3v) is 3.75. The Bertz CT molecular complexity index is 974. The monoisotopic (exact) mass is 284 g/mol. The van der Waals surface area contributed by atoms with Gasteiger partial charge in [-0.1, -0.05) is 0 Å². The van der Waals surface area contributed by atoms with Gasteiger partial charge in [0.1, 0.15) is 11.6 Å². The molecular weight excluding hydrogens is 276 g/mol. The first-order valence-corrected chi connectivity index (χ1v) is 6.54. The Balaban J connectivity index is 2.27. The summed E-state index contributed by atoms with van der Waals surface area (Å²) in [4.78, 5) is 29.7. The number of fused-ring (bicyclic) bond motifs is 1. The Labute approximate surface area is 116 Å². The van der Waals surface area contributed by atoms with Crippen molar-refractivity contribution in [3.63, 3.8) is 0 Å². The summed E-state index contributed by atoms with van der Waals surface area (Å²) in [7, 11) is 0. The Morgan fingerprint density at radius 2 is 2.20 bits per heavy atom. The number of aromatic nitrogens is 3. The molecule has 20 heavy (non-hydrogen) atoms. The molecule has 7 heteroatoms. The SMILES string of the molecule is Cc1nc2ccc(-n3cc(C#N)c(=O)[nH]c3=O)cc2s1. The number of thiazole rings is 1. The molecule has 0 atom stereocenters. The minimum Gasteiger partial charge on any atom is -0.273 e. The standard InChI is InChI=1S/C13H8N4O2S/c1-7-15-10-3-2-9(4-11(10)20-7)17-6-8(5-14)12(18)16-13(17)19/h2-4,6H,1H3,(H,16,18,19). The van der Waals surface area contributed by atoms with E-state index in [4.69, 9.17) is 5.26 Å². The van der Waals surface area contributed by atoms with Crippen LogP contribution in [0.3, 0.4) is 0 Å². The van der Waals surface area contributed by atoms with Gasteiger partial charge >= 0.3 is 5.69 Å². The lowest BCUT2D eigenvalue weighted by Gasteiger charge is -2.04. The number of hydrogen-bond donors (Lipinski definition) is 1. The predicted octanol–water partition coefficient (Wildman–Crippen LogP) is 1.32. The predicted molar refractivity (Wildman–Crippen MR) is 75.3 cm³/mol. The summed E-state index contributed by atoms with van der Waals surface area (Å²) in [6.45, 7) is 1.91. The van der Waals surface area contributed by atoms with Gasteiger partial charge in [0.25, 0.3) is 5.56 Å². The molecule has 3 rings (SSSR count). The molecule has 2 heterocycles. The van der Waals surface area contributed by atoms with Crippen LogP contribution in [0.2, 0.25) is 0 Å². The fourth-order valence-electron chi connectivity index (χ4n) is 1.92. The van der Waals surface area contributed by atoms with Gasteiger partial charge in [0, 0.05) is 6.20 Å². The number of nitrogens with zero attached hydrogens (tertiary/aromatic N) is 3. The molecule has 0 aliphatic heterocycles. The van der Waals surface area contributed by atoms with Crippen molar-refractivity contribution in [1.82, 2.24) is 14.5 Å². The molecule has 0 aliphatic rings. The van der Waals surface area contributed by atoms with Crippen LogP contribution in [0.1, 0.15) is 10.6 Å². The highest BCUT2D eigenvalue weighted by molar-refractivity contribution is 7.18. The van der Waals surface area contributed by atoms with Crippen molar-refractivity contribution in [3.8, 4) is 11.8 Å². The van der Waals surface area contributed by atoms with E-state index >= 15 is 0 Å². The van der Waals surface area contributed by atoms with E-state index in [1.54, 1.807) is 24.3 Å². The number of H-pyrrole nitrogens is 1. The van der Waals surface area contributed by atoms with Crippen LogP contribution in [0.4, 0.5) is 0 Å². The molecule has 0 aliphatic carbocycles. The minimum atomic E-state index is -0.677. The maximum atomic E-state index is 11.8. The average molecular weight is 284 g/mol. The maximum absolute atomic E-state index is 11.8. The zero-order valence-electron chi connectivity index (χ0n) is 10.4. The highest BCUT2D eigenvalue weighted by atomic mass is 32.1. The van der Waals surface area contributed by atoms with Gasteiger partial charge in [0.2, 0.25) is 0 Å². The van der Waals surface area contributed by atoms with Crippen LogP contribution in [0.25, 0.3) is 15.9 Å². The molecule has 1 N–H and O–H groups in total. The maximum Gasteiger partial charge on any atom is 0.332 e. The fourth-order valence-corrected chi connectivity index (χ4v) is 2.78. The number of aromatic amines is 1. The van der Waals surface area contributed by atoms with Crippen LogP contribution < -0.4 is 11.2 Å². The Morgan fingerprint density at radius 3 is 2.95 bits per heavy atom. The van der Waals surface area contributed by atoms with Crippen molar-refractivity contribution in [2.24, 2.45) is 0 Å². The second-order valence-corrected chi connectivity index (χ2v) is 5.40. The summed E-state index contributed by atoms with van der Waals surface area (Å²) in [6, 6.07) is 7.10. The van der Waals surface area contributed by atoms with E-state index in [2.05, 4.69) is 9.97 Å². The number of nitriles is 1. The number of aryl methyl sites for hydroxylation is 1. The van der Waals surface area contributed by atoms with Crippen LogP contribution in [-0.4, -0.2) is 14.5 Å². The van der Waals surface area contributed by atoms with Gasteiger partial charge in [-0.2, -0.15) is 5.26 Å². The first-order chi connectivity index (χ1) is 9.58. The summed E-state index contributed by atoms with van der Waals surface area (Å²) in [6.07, 6.45) is 1.25. The Hall–Kier alpha value is -2.72. The molecular formula is C13H8N4O2S. The van der Waals surface area contributed by atoms with Gasteiger partial charge in [-0.25, -0.2) is 9.78 Å². The van der Waals surface area contributed by atoms with Crippen molar-refractivity contribution in [2.75, 3.05) is 0 Å². The molecule has 98 valence electrons. The highest BCUT2D eigenvalue weighted by Crippen LogP contribution is 2.23. The minimum absolute atomic E-state index is 0.106. The van der Waals surface area contributed by atoms with Crippen LogP contribution in [0.5, 0.6) is 0 Å². The van der Waals surface area contributed by atoms with Crippen molar-refractivity contribution < 1.29 is 0 Å². The summed E-state index contributed by atoms with van der Waals surface area (Å²) in [5.41, 5.74) is 0.0800. The quantitative estimate of drug-likeness (QED) is 0.729. The molecule has 3 aromatic rings. The summed E-state index contributed by atoms with van der Waals surface area (Å²) < 4.78 is 2.19. The molecule has 0 amide bonds. The average Bonchev–Trinajstić information content (AvgIpc) is 2.78. The van der Waals surface area contributed by atoms with Crippen LogP contribution in [0.15, 0.2) is 34.0 Å². The third-order valence-electron chi connectivity index (χ3n) is 2.82. The zero-order valence-corrected chi connectivity index (χ0v) is 11.2. The molecule has 0 spiro atoms. The molecule has 6 nitrogen and oxygen atoms in total. The summed E-state index contributed by atoms with van der Waals surface area (Å²) >= 11 is 1.52. The number of benzene rings is 1. The van der Waals surface area contributed by atoms with E-state index in [0.29, 0.717) is 5.69 Å². The molecule has 0 saturated heterocycles. The highest BCUT2D eigenvalue weighted by Gasteiger charge is 2.08. The number of rotatable bonds is 1. The van der Waals surface area contributed by atoms with E-state index in [1.165, 1.54) is 22.1 Å². The summed E-state index contributed by atoms with van der Waals surface area (Å²) in [5, 5.41) is 9.80. The molecule has 0 unspecified atom stereocenters. The van der Waals surface area contributed by atoms with Gasteiger partial charge in [-0.15, -0.1) is 11.3 Å². The van der Waals surface area contributed by atoms with E-state index in [1.807, 2.05) is 6.92 Å². The second-order valence-electron chi connectivity index (χ2n) is 4.17. The molecule has 0 bridgehead atoms. The topological polar surface area (TPSA) is 91.5 Å². The van der Waals surface area contributed by atoms with E-state index in [9.17, 15) is 9.59 Å². The van der Waals surface area contributed by atoms with Crippen molar-refractivity contribution in [1.29, 1.82) is 5.26 Å². The lowest BCUT2D eigenvalue weighted by molar-refractivity contribution is 0.891. The van der Waals surface area contributed by atoms with E-state index < -0.39 is 11.2 Å². The first kappa shape index (κ1) is 12.3. The van der Waals surface area contributed by atoms with Crippen molar-refractivity contribution in [2.45, 2.75) is 6.92 Å². The molecule has 1 aromatic carbocycles. The van der Waals surface area contributed by atoms with Gasteiger partial charge in [-0.3, -0.25) is 14.3 Å². The van der Waals surface area contributed by atoms with Crippen molar-refractivity contribution in [3.05, 3.63) is 55.8 Å².